The summed E-state index contributed by atoms with van der Waals surface area (Å²) in [4.78, 5) is 24.5. The van der Waals surface area contributed by atoms with Crippen molar-refractivity contribution in [1.29, 1.82) is 0 Å². The highest BCUT2D eigenvalue weighted by Gasteiger charge is 2.23. The Morgan fingerprint density at radius 3 is 2.32 bits per heavy atom. The third kappa shape index (κ3) is 5.99. The normalized spacial score (nSPS) is 12.0. The number of nitrogens with one attached hydrogen (secondary N) is 1. The summed E-state index contributed by atoms with van der Waals surface area (Å²) in [6.07, 6.45) is 0. The van der Waals surface area contributed by atoms with Crippen LogP contribution in [0, 0.1) is 12.7 Å². The molecule has 0 saturated heterocycles. The maximum atomic E-state index is 13.0. The molecular formula is C25H25FN2O5S. The lowest BCUT2D eigenvalue weighted by Gasteiger charge is -2.20. The summed E-state index contributed by atoms with van der Waals surface area (Å²) in [5.41, 5.74) is 2.16. The summed E-state index contributed by atoms with van der Waals surface area (Å²) in [5, 5.41) is 2.65. The molecule has 0 radical (unpaired) electrons. The SMILES string of the molecule is Cc1ccc(N(C)S(=O)(=O)c2cccc(C(=O)OCC(=O)N[C@H](C)c3ccc(F)cc3)c2)cc1. The number of anilines is 1. The summed E-state index contributed by atoms with van der Waals surface area (Å²) in [7, 11) is -2.49. The van der Waals surface area contributed by atoms with Gasteiger partial charge in [-0.1, -0.05) is 35.9 Å². The van der Waals surface area contributed by atoms with Crippen molar-refractivity contribution in [3.63, 3.8) is 0 Å². The molecule has 0 fully saturated rings. The van der Waals surface area contributed by atoms with E-state index in [-0.39, 0.29) is 16.3 Å². The van der Waals surface area contributed by atoms with E-state index in [2.05, 4.69) is 5.32 Å². The van der Waals surface area contributed by atoms with Crippen molar-refractivity contribution in [2.75, 3.05) is 18.0 Å². The minimum atomic E-state index is -3.92. The van der Waals surface area contributed by atoms with Gasteiger partial charge in [0.25, 0.3) is 15.9 Å². The molecule has 9 heteroatoms. The minimum Gasteiger partial charge on any atom is -0.452 e. The van der Waals surface area contributed by atoms with Crippen molar-refractivity contribution in [3.8, 4) is 0 Å². The summed E-state index contributed by atoms with van der Waals surface area (Å²) in [6.45, 7) is 3.06. The highest BCUT2D eigenvalue weighted by molar-refractivity contribution is 7.92. The van der Waals surface area contributed by atoms with Crippen LogP contribution < -0.4 is 9.62 Å². The van der Waals surface area contributed by atoms with E-state index < -0.39 is 34.5 Å². The number of carbonyl (C=O) groups is 2. The number of amides is 1. The number of ether oxygens (including phenoxy) is 1. The highest BCUT2D eigenvalue weighted by atomic mass is 32.2. The number of hydrogen-bond donors (Lipinski definition) is 1. The molecule has 178 valence electrons. The number of sulfonamides is 1. The van der Waals surface area contributed by atoms with Gasteiger partial charge >= 0.3 is 5.97 Å². The van der Waals surface area contributed by atoms with Gasteiger partial charge in [0, 0.05) is 7.05 Å². The Hall–Kier alpha value is -3.72. The maximum absolute atomic E-state index is 13.0. The maximum Gasteiger partial charge on any atom is 0.338 e. The first-order valence-corrected chi connectivity index (χ1v) is 11.9. The van der Waals surface area contributed by atoms with E-state index in [4.69, 9.17) is 4.74 Å². The predicted octanol–water partition coefficient (Wildman–Crippen LogP) is 3.99. The number of rotatable bonds is 8. The first-order chi connectivity index (χ1) is 16.1. The zero-order valence-electron chi connectivity index (χ0n) is 19.0. The van der Waals surface area contributed by atoms with Gasteiger partial charge < -0.3 is 10.1 Å². The molecule has 34 heavy (non-hydrogen) atoms. The summed E-state index contributed by atoms with van der Waals surface area (Å²) < 4.78 is 45.3. The molecule has 0 bridgehead atoms. The van der Waals surface area contributed by atoms with E-state index in [9.17, 15) is 22.4 Å². The number of hydrogen-bond acceptors (Lipinski definition) is 5. The molecular weight excluding hydrogens is 459 g/mol. The van der Waals surface area contributed by atoms with Crippen molar-refractivity contribution in [3.05, 3.63) is 95.3 Å². The molecule has 1 atom stereocenters. The highest BCUT2D eigenvalue weighted by Crippen LogP contribution is 2.23. The number of aryl methyl sites for hydroxylation is 1. The largest absolute Gasteiger partial charge is 0.452 e. The second kappa shape index (κ2) is 10.5. The molecule has 1 amide bonds. The van der Waals surface area contributed by atoms with Crippen LogP contribution in [0.4, 0.5) is 10.1 Å². The molecule has 0 spiro atoms. The van der Waals surface area contributed by atoms with Gasteiger partial charge in [0.2, 0.25) is 0 Å². The molecule has 0 aromatic heterocycles. The number of nitrogens with zero attached hydrogens (tertiary/aromatic N) is 1. The Kier molecular flexibility index (Phi) is 7.68. The molecule has 3 aromatic carbocycles. The number of benzene rings is 3. The average Bonchev–Trinajstić information content (AvgIpc) is 2.83. The van der Waals surface area contributed by atoms with Crippen LogP contribution in [0.1, 0.15) is 34.5 Å². The lowest BCUT2D eigenvalue weighted by atomic mass is 10.1. The van der Waals surface area contributed by atoms with Gasteiger partial charge in [-0.25, -0.2) is 17.6 Å². The van der Waals surface area contributed by atoms with Crippen molar-refractivity contribution >= 4 is 27.6 Å². The van der Waals surface area contributed by atoms with Crippen LogP contribution in [0.15, 0.2) is 77.7 Å². The standard InChI is InChI=1S/C25H25FN2O5S/c1-17-7-13-22(14-8-17)28(3)34(31,32)23-6-4-5-20(15-23)25(30)33-16-24(29)27-18(2)19-9-11-21(26)12-10-19/h4-15,18H,16H2,1-3H3,(H,27,29)/t18-/m1/s1. The second-order valence-corrected chi connectivity index (χ2v) is 9.72. The van der Waals surface area contributed by atoms with Crippen molar-refractivity contribution in [2.45, 2.75) is 24.8 Å². The van der Waals surface area contributed by atoms with E-state index in [1.54, 1.807) is 43.3 Å². The quantitative estimate of drug-likeness (QED) is 0.488. The summed E-state index contributed by atoms with van der Waals surface area (Å²) in [6, 6.07) is 17.7. The van der Waals surface area contributed by atoms with Crippen LogP contribution >= 0.6 is 0 Å². The molecule has 0 saturated carbocycles. The first-order valence-electron chi connectivity index (χ1n) is 10.5. The molecule has 0 aliphatic rings. The molecule has 0 heterocycles. The van der Waals surface area contributed by atoms with E-state index in [1.165, 1.54) is 43.4 Å². The smallest absolute Gasteiger partial charge is 0.338 e. The van der Waals surface area contributed by atoms with Gasteiger partial charge in [-0.15, -0.1) is 0 Å². The van der Waals surface area contributed by atoms with Gasteiger partial charge in [0.1, 0.15) is 5.82 Å². The van der Waals surface area contributed by atoms with E-state index in [0.717, 1.165) is 9.87 Å². The van der Waals surface area contributed by atoms with Crippen molar-refractivity contribution in [2.24, 2.45) is 0 Å². The first kappa shape index (κ1) is 24.9. The van der Waals surface area contributed by atoms with E-state index in [0.29, 0.717) is 11.3 Å². The topological polar surface area (TPSA) is 92.8 Å². The van der Waals surface area contributed by atoms with Gasteiger partial charge in [-0.05, 0) is 61.9 Å². The Bertz CT molecular complexity index is 1280. The van der Waals surface area contributed by atoms with E-state index in [1.807, 2.05) is 6.92 Å². The minimum absolute atomic E-state index is 0.00207. The van der Waals surface area contributed by atoms with Crippen LogP contribution in [-0.2, 0) is 19.6 Å². The van der Waals surface area contributed by atoms with Crippen LogP contribution in [0.2, 0.25) is 0 Å². The summed E-state index contributed by atoms with van der Waals surface area (Å²) >= 11 is 0. The van der Waals surface area contributed by atoms with Crippen LogP contribution in [0.25, 0.3) is 0 Å². The summed E-state index contributed by atoms with van der Waals surface area (Å²) in [5.74, 6) is -1.77. The average molecular weight is 485 g/mol. The van der Waals surface area contributed by atoms with Crippen molar-refractivity contribution in [1.82, 2.24) is 5.32 Å². The molecule has 0 unspecified atom stereocenters. The zero-order valence-corrected chi connectivity index (χ0v) is 19.8. The molecule has 0 aliphatic heterocycles. The third-order valence-corrected chi connectivity index (χ3v) is 6.99. The lowest BCUT2D eigenvalue weighted by Crippen LogP contribution is -2.31. The van der Waals surface area contributed by atoms with Crippen molar-refractivity contribution < 1.29 is 27.1 Å². The number of esters is 1. The lowest BCUT2D eigenvalue weighted by molar-refractivity contribution is -0.124. The molecule has 3 aromatic rings. The molecule has 7 nitrogen and oxygen atoms in total. The second-order valence-electron chi connectivity index (χ2n) is 7.75. The monoisotopic (exact) mass is 484 g/mol. The van der Waals surface area contributed by atoms with Gasteiger partial charge in [0.15, 0.2) is 6.61 Å². The molecule has 1 N–H and O–H groups in total. The third-order valence-electron chi connectivity index (χ3n) is 5.21. The van der Waals surface area contributed by atoms with Gasteiger partial charge in [0.05, 0.1) is 22.2 Å². The molecule has 3 rings (SSSR count). The Morgan fingerprint density at radius 2 is 1.68 bits per heavy atom. The van der Waals surface area contributed by atoms with Crippen LogP contribution in [-0.4, -0.2) is 33.9 Å². The number of halogens is 1. The fourth-order valence-corrected chi connectivity index (χ4v) is 4.41. The van der Waals surface area contributed by atoms with Gasteiger partial charge in [-0.2, -0.15) is 0 Å². The van der Waals surface area contributed by atoms with Crippen LogP contribution in [0.3, 0.4) is 0 Å². The fourth-order valence-electron chi connectivity index (χ4n) is 3.17. The predicted molar refractivity (Wildman–Crippen MR) is 126 cm³/mol. The zero-order chi connectivity index (χ0) is 24.9. The molecule has 0 aliphatic carbocycles. The Labute approximate surface area is 198 Å². The fraction of sp³-hybridized carbons (Fsp3) is 0.200. The Morgan fingerprint density at radius 1 is 1.03 bits per heavy atom. The van der Waals surface area contributed by atoms with Gasteiger partial charge in [-0.3, -0.25) is 9.10 Å². The van der Waals surface area contributed by atoms with E-state index >= 15 is 0 Å². The number of carbonyl (C=O) groups excluding carboxylic acids is 2. The van der Waals surface area contributed by atoms with Crippen LogP contribution in [0.5, 0.6) is 0 Å². The Balaban J connectivity index is 1.64.